The van der Waals surface area contributed by atoms with Gasteiger partial charge in [-0.15, -0.1) is 0 Å². The van der Waals surface area contributed by atoms with Crippen LogP contribution in [-0.2, 0) is 10.0 Å². The fraction of sp³-hybridized carbons (Fsp3) is 0.0769. The van der Waals surface area contributed by atoms with E-state index >= 15 is 0 Å². The normalized spacial score (nSPS) is 11.3. The van der Waals surface area contributed by atoms with Gasteiger partial charge in [-0.05, 0) is 36.8 Å². The molecule has 0 fully saturated rings. The Morgan fingerprint density at radius 1 is 1.16 bits per heavy atom. The first-order valence-corrected chi connectivity index (χ1v) is 7.30. The first-order chi connectivity index (χ1) is 8.90. The van der Waals surface area contributed by atoms with Gasteiger partial charge in [0.05, 0.1) is 15.6 Å². The molecule has 1 N–H and O–H groups in total. The molecule has 3 nitrogen and oxygen atoms in total. The lowest BCUT2D eigenvalue weighted by atomic mass is 10.2. The maximum Gasteiger partial charge on any atom is 0.262 e. The highest BCUT2D eigenvalue weighted by molar-refractivity contribution is 7.92. The molecule has 0 aliphatic heterocycles. The van der Waals surface area contributed by atoms with Crippen molar-refractivity contribution >= 4 is 27.3 Å². The van der Waals surface area contributed by atoms with Crippen molar-refractivity contribution in [2.75, 3.05) is 4.72 Å². The zero-order chi connectivity index (χ0) is 14.0. The minimum absolute atomic E-state index is 0.134. The van der Waals surface area contributed by atoms with E-state index in [4.69, 9.17) is 11.6 Å². The van der Waals surface area contributed by atoms with Crippen LogP contribution < -0.4 is 4.72 Å². The number of anilines is 1. The Hall–Kier alpha value is -1.59. The molecule has 100 valence electrons. The molecule has 19 heavy (non-hydrogen) atoms. The van der Waals surface area contributed by atoms with Crippen LogP contribution in [0.1, 0.15) is 5.56 Å². The van der Waals surface area contributed by atoms with Crippen molar-refractivity contribution in [3.63, 3.8) is 0 Å². The molecule has 0 aliphatic rings. The van der Waals surface area contributed by atoms with Crippen LogP contribution in [0.5, 0.6) is 0 Å². The Balaban J connectivity index is 2.37. The summed E-state index contributed by atoms with van der Waals surface area (Å²) in [6, 6.07) is 10.2. The molecule has 0 saturated heterocycles. The van der Waals surface area contributed by atoms with E-state index in [1.54, 1.807) is 25.1 Å². The van der Waals surface area contributed by atoms with Crippen LogP contribution in [0, 0.1) is 12.7 Å². The molecule has 0 aromatic heterocycles. The van der Waals surface area contributed by atoms with Gasteiger partial charge in [0, 0.05) is 0 Å². The average Bonchev–Trinajstić information content (AvgIpc) is 2.34. The molecule has 0 spiro atoms. The molecule has 2 aromatic carbocycles. The molecule has 0 saturated carbocycles. The second-order valence-corrected chi connectivity index (χ2v) is 6.06. The molecule has 0 atom stereocenters. The van der Waals surface area contributed by atoms with Crippen molar-refractivity contribution in [3.05, 3.63) is 58.9 Å². The number of rotatable bonds is 3. The Kier molecular flexibility index (Phi) is 3.78. The third-order valence-electron chi connectivity index (χ3n) is 2.55. The van der Waals surface area contributed by atoms with E-state index in [-0.39, 0.29) is 15.6 Å². The van der Waals surface area contributed by atoms with E-state index in [1.807, 2.05) is 0 Å². The molecule has 0 aliphatic carbocycles. The molecular weight excluding hydrogens is 289 g/mol. The molecular formula is C13H11ClFNO2S. The van der Waals surface area contributed by atoms with Gasteiger partial charge >= 0.3 is 0 Å². The zero-order valence-corrected chi connectivity index (χ0v) is 11.6. The standard InChI is InChI=1S/C13H11ClFNO2S/c1-9-4-2-3-5-13(9)19(17,18)16-10-6-7-12(15)11(14)8-10/h2-8,16H,1H3. The van der Waals surface area contributed by atoms with Gasteiger partial charge in [0.2, 0.25) is 0 Å². The van der Waals surface area contributed by atoms with Gasteiger partial charge in [0.15, 0.2) is 0 Å². The highest BCUT2D eigenvalue weighted by Crippen LogP contribution is 2.23. The van der Waals surface area contributed by atoms with E-state index in [0.717, 1.165) is 6.07 Å². The lowest BCUT2D eigenvalue weighted by molar-refractivity contribution is 0.600. The van der Waals surface area contributed by atoms with Crippen LogP contribution in [0.4, 0.5) is 10.1 Å². The first kappa shape index (κ1) is 13.8. The molecule has 6 heteroatoms. The summed E-state index contributed by atoms with van der Waals surface area (Å²) in [6.07, 6.45) is 0. The van der Waals surface area contributed by atoms with Crippen LogP contribution in [0.25, 0.3) is 0 Å². The number of halogens is 2. The van der Waals surface area contributed by atoms with Gasteiger partial charge in [-0.3, -0.25) is 4.72 Å². The Bertz CT molecular complexity index is 716. The summed E-state index contributed by atoms with van der Waals surface area (Å²) in [7, 11) is -3.70. The summed E-state index contributed by atoms with van der Waals surface area (Å²) in [5, 5.41) is -0.134. The van der Waals surface area contributed by atoms with E-state index in [2.05, 4.69) is 4.72 Å². The van der Waals surface area contributed by atoms with Crippen molar-refractivity contribution < 1.29 is 12.8 Å². The number of benzene rings is 2. The fourth-order valence-corrected chi connectivity index (χ4v) is 3.11. The predicted octanol–water partition coefficient (Wildman–Crippen LogP) is 3.59. The monoisotopic (exact) mass is 299 g/mol. The van der Waals surface area contributed by atoms with Crippen molar-refractivity contribution in [1.82, 2.24) is 0 Å². The fourth-order valence-electron chi connectivity index (χ4n) is 1.63. The number of hydrogen-bond donors (Lipinski definition) is 1. The topological polar surface area (TPSA) is 46.2 Å². The van der Waals surface area contributed by atoms with E-state index in [1.165, 1.54) is 18.2 Å². The zero-order valence-electron chi connectivity index (χ0n) is 10.0. The summed E-state index contributed by atoms with van der Waals surface area (Å²) >= 11 is 5.61. The Labute approximate surface area is 116 Å². The van der Waals surface area contributed by atoms with Crippen molar-refractivity contribution in [2.24, 2.45) is 0 Å². The van der Waals surface area contributed by atoms with E-state index in [0.29, 0.717) is 5.56 Å². The number of aryl methyl sites for hydroxylation is 1. The van der Waals surface area contributed by atoms with Gasteiger partial charge in [-0.25, -0.2) is 12.8 Å². The van der Waals surface area contributed by atoms with Crippen LogP contribution in [0.15, 0.2) is 47.4 Å². The summed E-state index contributed by atoms with van der Waals surface area (Å²) in [4.78, 5) is 0.176. The average molecular weight is 300 g/mol. The summed E-state index contributed by atoms with van der Waals surface area (Å²) in [5.41, 5.74) is 0.845. The first-order valence-electron chi connectivity index (χ1n) is 5.43. The minimum Gasteiger partial charge on any atom is -0.280 e. The van der Waals surface area contributed by atoms with Crippen molar-refractivity contribution in [2.45, 2.75) is 11.8 Å². The summed E-state index contributed by atoms with van der Waals surface area (Å²) in [6.45, 7) is 1.70. The molecule has 2 aromatic rings. The Morgan fingerprint density at radius 2 is 1.84 bits per heavy atom. The maximum absolute atomic E-state index is 13.0. The third kappa shape index (κ3) is 3.05. The lowest BCUT2D eigenvalue weighted by Crippen LogP contribution is -2.14. The number of hydrogen-bond acceptors (Lipinski definition) is 2. The molecule has 2 rings (SSSR count). The summed E-state index contributed by atoms with van der Waals surface area (Å²) in [5.74, 6) is -0.597. The molecule has 0 amide bonds. The lowest BCUT2D eigenvalue weighted by Gasteiger charge is -2.10. The number of nitrogens with one attached hydrogen (secondary N) is 1. The second kappa shape index (κ2) is 5.19. The van der Waals surface area contributed by atoms with Gasteiger partial charge in [0.1, 0.15) is 5.82 Å². The molecule has 0 radical (unpaired) electrons. The molecule has 0 unspecified atom stereocenters. The summed E-state index contributed by atoms with van der Waals surface area (Å²) < 4.78 is 39.7. The van der Waals surface area contributed by atoms with E-state index in [9.17, 15) is 12.8 Å². The highest BCUT2D eigenvalue weighted by atomic mass is 35.5. The molecule has 0 bridgehead atoms. The quantitative estimate of drug-likeness (QED) is 0.941. The predicted molar refractivity (Wildman–Crippen MR) is 73.4 cm³/mol. The van der Waals surface area contributed by atoms with Gasteiger partial charge in [-0.1, -0.05) is 29.8 Å². The van der Waals surface area contributed by atoms with Gasteiger partial charge in [-0.2, -0.15) is 0 Å². The minimum atomic E-state index is -3.70. The second-order valence-electron chi connectivity index (χ2n) is 4.00. The molecule has 0 heterocycles. The highest BCUT2D eigenvalue weighted by Gasteiger charge is 2.16. The Morgan fingerprint density at radius 3 is 2.47 bits per heavy atom. The van der Waals surface area contributed by atoms with Crippen LogP contribution >= 0.6 is 11.6 Å². The van der Waals surface area contributed by atoms with Crippen LogP contribution in [0.3, 0.4) is 0 Å². The van der Waals surface area contributed by atoms with Crippen molar-refractivity contribution in [3.8, 4) is 0 Å². The van der Waals surface area contributed by atoms with E-state index < -0.39 is 15.8 Å². The third-order valence-corrected chi connectivity index (χ3v) is 4.39. The maximum atomic E-state index is 13.0. The van der Waals surface area contributed by atoms with Crippen LogP contribution in [0.2, 0.25) is 5.02 Å². The SMILES string of the molecule is Cc1ccccc1S(=O)(=O)Nc1ccc(F)c(Cl)c1. The number of sulfonamides is 1. The van der Waals surface area contributed by atoms with Crippen LogP contribution in [-0.4, -0.2) is 8.42 Å². The van der Waals surface area contributed by atoms with Gasteiger partial charge < -0.3 is 0 Å². The van der Waals surface area contributed by atoms with Crippen molar-refractivity contribution in [1.29, 1.82) is 0 Å². The largest absolute Gasteiger partial charge is 0.280 e. The van der Waals surface area contributed by atoms with Gasteiger partial charge in [0.25, 0.3) is 10.0 Å². The smallest absolute Gasteiger partial charge is 0.262 e.